The van der Waals surface area contributed by atoms with Gasteiger partial charge in [0.1, 0.15) is 5.75 Å². The quantitative estimate of drug-likeness (QED) is 0.732. The maximum atomic E-state index is 6.10. The number of aromatic nitrogens is 2. The van der Waals surface area contributed by atoms with E-state index in [0.29, 0.717) is 32.1 Å². The minimum absolute atomic E-state index is 0.402. The van der Waals surface area contributed by atoms with Gasteiger partial charge in [-0.2, -0.15) is 4.98 Å². The number of nitrogens with one attached hydrogen (secondary N) is 1. The molecular weight excluding hydrogens is 365 g/mol. The number of ether oxygens (including phenoxy) is 1. The fraction of sp³-hybridized carbons (Fsp3) is 0.231. The molecule has 0 radical (unpaired) electrons. The molecule has 0 atom stereocenters. The van der Waals surface area contributed by atoms with Crippen LogP contribution in [0, 0.1) is 0 Å². The lowest BCUT2D eigenvalue weighted by Gasteiger charge is -2.09. The average Bonchev–Trinajstić information content (AvgIpc) is 2.43. The van der Waals surface area contributed by atoms with Gasteiger partial charge in [0.05, 0.1) is 10.0 Å². The van der Waals surface area contributed by atoms with Crippen molar-refractivity contribution in [3.05, 3.63) is 38.9 Å². The van der Waals surface area contributed by atoms with Gasteiger partial charge in [0.25, 0.3) is 0 Å². The smallest absolute Gasteiger partial charge is 0.225 e. The first-order valence-electron chi connectivity index (χ1n) is 5.99. The van der Waals surface area contributed by atoms with Crippen molar-refractivity contribution in [1.82, 2.24) is 9.97 Å². The minimum Gasteiger partial charge on any atom is -0.437 e. The van der Waals surface area contributed by atoms with Gasteiger partial charge in [-0.3, -0.25) is 0 Å². The number of hydrogen-bond donors (Lipinski definition) is 1. The molecule has 0 aliphatic heterocycles. The molecule has 0 amide bonds. The van der Waals surface area contributed by atoms with Crippen molar-refractivity contribution < 1.29 is 4.74 Å². The first-order valence-corrected chi connectivity index (χ1v) is 7.54. The van der Waals surface area contributed by atoms with E-state index >= 15 is 0 Å². The van der Waals surface area contributed by atoms with Crippen LogP contribution in [0.5, 0.6) is 11.6 Å². The summed E-state index contributed by atoms with van der Waals surface area (Å²) in [4.78, 5) is 8.34. The highest BCUT2D eigenvalue weighted by molar-refractivity contribution is 9.10. The van der Waals surface area contributed by atoms with Crippen molar-refractivity contribution in [2.75, 3.05) is 11.9 Å². The van der Waals surface area contributed by atoms with Crippen molar-refractivity contribution >= 4 is 45.1 Å². The number of rotatable bonds is 5. The van der Waals surface area contributed by atoms with E-state index in [1.165, 1.54) is 0 Å². The fourth-order valence-electron chi connectivity index (χ4n) is 1.42. The number of anilines is 1. The summed E-state index contributed by atoms with van der Waals surface area (Å²) in [5.41, 5.74) is 0. The van der Waals surface area contributed by atoms with Crippen molar-refractivity contribution in [2.45, 2.75) is 13.3 Å². The third-order valence-electron chi connectivity index (χ3n) is 2.35. The van der Waals surface area contributed by atoms with E-state index in [-0.39, 0.29) is 0 Å². The Morgan fingerprint density at radius 1 is 1.30 bits per heavy atom. The van der Waals surface area contributed by atoms with Crippen LogP contribution in [0.1, 0.15) is 13.3 Å². The summed E-state index contributed by atoms with van der Waals surface area (Å²) in [5, 5.41) is 4.05. The summed E-state index contributed by atoms with van der Waals surface area (Å²) in [5.74, 6) is 1.36. The predicted molar refractivity (Wildman–Crippen MR) is 85.0 cm³/mol. The standard InChI is InChI=1S/C13H12BrCl2N3O/c1-2-4-17-13-18-5-3-12(19-13)20-11-7-9(15)8(14)6-10(11)16/h3,5-7H,2,4H2,1H3,(H,17,18,19). The highest BCUT2D eigenvalue weighted by Gasteiger charge is 2.09. The van der Waals surface area contributed by atoms with Gasteiger partial charge in [-0.25, -0.2) is 4.98 Å². The molecule has 0 saturated heterocycles. The molecule has 0 bridgehead atoms. The van der Waals surface area contributed by atoms with Gasteiger partial charge in [-0.15, -0.1) is 0 Å². The Kier molecular flexibility index (Phi) is 5.46. The van der Waals surface area contributed by atoms with Crippen LogP contribution in [0.25, 0.3) is 0 Å². The van der Waals surface area contributed by atoms with E-state index in [0.717, 1.165) is 13.0 Å². The number of nitrogens with zero attached hydrogens (tertiary/aromatic N) is 2. The van der Waals surface area contributed by atoms with Crippen LogP contribution in [0.3, 0.4) is 0 Å². The zero-order valence-corrected chi connectivity index (χ0v) is 13.8. The summed E-state index contributed by atoms with van der Waals surface area (Å²) in [6.45, 7) is 2.87. The van der Waals surface area contributed by atoms with E-state index in [2.05, 4.69) is 38.1 Å². The zero-order chi connectivity index (χ0) is 14.5. The van der Waals surface area contributed by atoms with Crippen LogP contribution in [-0.4, -0.2) is 16.5 Å². The molecule has 0 saturated carbocycles. The minimum atomic E-state index is 0.402. The SMILES string of the molecule is CCCNc1nccc(Oc2cc(Cl)c(Br)cc2Cl)n1. The monoisotopic (exact) mass is 375 g/mol. The molecule has 2 aromatic rings. The van der Waals surface area contributed by atoms with Crippen LogP contribution in [0.15, 0.2) is 28.9 Å². The van der Waals surface area contributed by atoms with E-state index in [9.17, 15) is 0 Å². The molecule has 0 spiro atoms. The second-order valence-electron chi connectivity index (χ2n) is 3.94. The Morgan fingerprint density at radius 2 is 2.10 bits per heavy atom. The lowest BCUT2D eigenvalue weighted by atomic mass is 10.3. The Bertz CT molecular complexity index is 610. The van der Waals surface area contributed by atoms with E-state index in [4.69, 9.17) is 27.9 Å². The van der Waals surface area contributed by atoms with Crippen molar-refractivity contribution in [1.29, 1.82) is 0 Å². The Morgan fingerprint density at radius 3 is 2.85 bits per heavy atom. The van der Waals surface area contributed by atoms with E-state index in [1.54, 1.807) is 24.4 Å². The van der Waals surface area contributed by atoms with Crippen LogP contribution in [0.2, 0.25) is 10.0 Å². The zero-order valence-electron chi connectivity index (χ0n) is 10.7. The Labute approximate surface area is 135 Å². The molecule has 1 N–H and O–H groups in total. The molecular formula is C13H12BrCl2N3O. The fourth-order valence-corrected chi connectivity index (χ4v) is 2.25. The topological polar surface area (TPSA) is 47.0 Å². The molecule has 0 fully saturated rings. The van der Waals surface area contributed by atoms with Crippen molar-refractivity contribution in [3.8, 4) is 11.6 Å². The summed E-state index contributed by atoms with van der Waals surface area (Å²) < 4.78 is 6.35. The number of hydrogen-bond acceptors (Lipinski definition) is 4. The Hall–Kier alpha value is -1.04. The average molecular weight is 377 g/mol. The molecule has 0 aliphatic rings. The molecule has 1 heterocycles. The maximum absolute atomic E-state index is 6.10. The van der Waals surface area contributed by atoms with Crippen LogP contribution < -0.4 is 10.1 Å². The van der Waals surface area contributed by atoms with Crippen molar-refractivity contribution in [2.24, 2.45) is 0 Å². The third kappa shape index (κ3) is 3.98. The highest BCUT2D eigenvalue weighted by atomic mass is 79.9. The predicted octanol–water partition coefficient (Wildman–Crippen LogP) is 5.16. The second-order valence-corrected chi connectivity index (χ2v) is 5.61. The highest BCUT2D eigenvalue weighted by Crippen LogP contribution is 2.36. The number of benzene rings is 1. The maximum Gasteiger partial charge on any atom is 0.225 e. The van der Waals surface area contributed by atoms with Gasteiger partial charge in [0, 0.05) is 29.3 Å². The van der Waals surface area contributed by atoms with Crippen molar-refractivity contribution in [3.63, 3.8) is 0 Å². The van der Waals surface area contributed by atoms with Crippen LogP contribution >= 0.6 is 39.1 Å². The van der Waals surface area contributed by atoms with Gasteiger partial charge < -0.3 is 10.1 Å². The molecule has 2 rings (SSSR count). The third-order valence-corrected chi connectivity index (χ3v) is 3.84. The second kappa shape index (κ2) is 7.11. The van der Waals surface area contributed by atoms with E-state index in [1.807, 2.05) is 0 Å². The molecule has 1 aromatic heterocycles. The molecule has 106 valence electrons. The molecule has 1 aromatic carbocycles. The van der Waals surface area contributed by atoms with E-state index < -0.39 is 0 Å². The van der Waals surface area contributed by atoms with Gasteiger partial charge >= 0.3 is 0 Å². The normalized spacial score (nSPS) is 10.4. The molecule has 0 aliphatic carbocycles. The summed E-state index contributed by atoms with van der Waals surface area (Å²) in [6.07, 6.45) is 2.61. The van der Waals surface area contributed by atoms with Crippen LogP contribution in [-0.2, 0) is 0 Å². The van der Waals surface area contributed by atoms with Gasteiger partial charge in [0.15, 0.2) is 0 Å². The van der Waals surface area contributed by atoms with Gasteiger partial charge in [-0.05, 0) is 28.4 Å². The first kappa shape index (κ1) is 15.4. The summed E-state index contributed by atoms with van der Waals surface area (Å²) in [6, 6.07) is 4.97. The lowest BCUT2D eigenvalue weighted by molar-refractivity contribution is 0.462. The van der Waals surface area contributed by atoms with Crippen LogP contribution in [0.4, 0.5) is 5.95 Å². The molecule has 4 nitrogen and oxygen atoms in total. The summed E-state index contributed by atoms with van der Waals surface area (Å²) >= 11 is 15.4. The molecule has 20 heavy (non-hydrogen) atoms. The lowest BCUT2D eigenvalue weighted by Crippen LogP contribution is -2.04. The Balaban J connectivity index is 2.19. The number of halogens is 3. The molecule has 0 unspecified atom stereocenters. The molecule has 7 heteroatoms. The summed E-state index contributed by atoms with van der Waals surface area (Å²) in [7, 11) is 0. The largest absolute Gasteiger partial charge is 0.437 e. The van der Waals surface area contributed by atoms with Gasteiger partial charge in [-0.1, -0.05) is 30.1 Å². The van der Waals surface area contributed by atoms with Gasteiger partial charge in [0.2, 0.25) is 11.8 Å². The first-order chi connectivity index (χ1) is 9.60.